The van der Waals surface area contributed by atoms with E-state index < -0.39 is 10.8 Å². The third-order valence-electron chi connectivity index (χ3n) is 32.0. The molecule has 4 aliphatic rings. The fourth-order valence-electron chi connectivity index (χ4n) is 26.4. The minimum atomic E-state index is -0.488. The third kappa shape index (κ3) is 10.7. The monoisotopic (exact) mass is 1780 g/mol. The summed E-state index contributed by atoms with van der Waals surface area (Å²) < 4.78 is 8.93. The molecule has 32 rings (SSSR count). The van der Waals surface area contributed by atoms with Gasteiger partial charge in [-0.3, -0.25) is 0 Å². The Hall–Kier alpha value is -17.7. The summed E-state index contributed by atoms with van der Waals surface area (Å²) in [5, 5.41) is 30.4. The topological polar surface area (TPSA) is 13.1 Å². The standard InChI is InChI=1S/C69H40O.C69H40S/c2*1-3-23-52-47(18-1)48-19-2-8-28-57(48)68-67(52)59-38-43-33-32-42(37-46(43)40-62(59)69(68)60-29-12-9-20-49(60)50-21-10-13-30-61(50)69)41-16-15-17-44(36-41)65-53-24-4-6-26-55(53)66(56-27-7-5-25-54(56)65)45-34-35-64-58(39-45)51-22-11-14-31-63(51)70-64/h2*1-40H. The first kappa shape index (κ1) is 77.6. The van der Waals surface area contributed by atoms with Crippen LogP contribution in [0.25, 0.3) is 261 Å². The lowest BCUT2D eigenvalue weighted by atomic mass is 9.69. The number of hydrogen-bond donors (Lipinski definition) is 0. The van der Waals surface area contributed by atoms with Crippen LogP contribution in [0, 0.1) is 0 Å². The summed E-state index contributed by atoms with van der Waals surface area (Å²) in [6, 6.07) is 183. The van der Waals surface area contributed by atoms with Crippen molar-refractivity contribution in [1.82, 2.24) is 0 Å². The number of furan rings is 1. The van der Waals surface area contributed by atoms with Crippen molar-refractivity contribution < 1.29 is 4.42 Å². The highest BCUT2D eigenvalue weighted by Gasteiger charge is 2.55. The van der Waals surface area contributed by atoms with Crippen molar-refractivity contribution in [2.24, 2.45) is 0 Å². The molecule has 0 fully saturated rings. The van der Waals surface area contributed by atoms with Gasteiger partial charge in [0, 0.05) is 30.9 Å². The summed E-state index contributed by atoms with van der Waals surface area (Å²) >= 11 is 1.87. The maximum atomic E-state index is 6.27. The highest BCUT2D eigenvalue weighted by atomic mass is 32.1. The van der Waals surface area contributed by atoms with Gasteiger partial charge in [0.15, 0.2) is 0 Å². The molecule has 4 aliphatic carbocycles. The van der Waals surface area contributed by atoms with Gasteiger partial charge in [-0.15, -0.1) is 11.3 Å². The summed E-state index contributed by atoms with van der Waals surface area (Å²) in [7, 11) is 0. The van der Waals surface area contributed by atoms with Crippen LogP contribution in [0.2, 0.25) is 0 Å². The molecule has 28 aromatic rings. The minimum absolute atomic E-state index is 0.483. The SMILES string of the molecule is c1cc(-c2ccc3cc4c(cc3c2)C2(c3ccccc3-c3ccccc32)c2c-4c3ccccc3c3ccccc23)cc(-c2c3ccccc3c(-c3ccc4oc5ccccc5c4c3)c3ccccc23)c1.c1cc(-c2ccc3cc4c(cc3c2)C2(c3ccccc3-c3ccccc32)c2c-4c3ccccc3c3ccccc23)cc(-c2c3ccccc3c(-c3ccc4sc5ccccc5c4c3)c3ccccc23)c1. The third-order valence-corrected chi connectivity index (χ3v) is 33.1. The first-order chi connectivity index (χ1) is 69.4. The van der Waals surface area contributed by atoms with Crippen molar-refractivity contribution >= 4 is 161 Å². The lowest BCUT2D eigenvalue weighted by Gasteiger charge is -2.32. The van der Waals surface area contributed by atoms with Crippen LogP contribution in [0.5, 0.6) is 0 Å². The molecule has 0 saturated heterocycles. The van der Waals surface area contributed by atoms with Crippen molar-refractivity contribution in [3.05, 3.63) is 530 Å². The summed E-state index contributed by atoms with van der Waals surface area (Å²) in [6.45, 7) is 0. The van der Waals surface area contributed by atoms with Crippen LogP contribution in [-0.4, -0.2) is 0 Å². The van der Waals surface area contributed by atoms with Gasteiger partial charge in [0.05, 0.1) is 10.8 Å². The zero-order valence-electron chi connectivity index (χ0n) is 76.0. The molecule has 1 nitrogen and oxygen atoms in total. The number of hydrogen-bond acceptors (Lipinski definition) is 2. The lowest BCUT2D eigenvalue weighted by Crippen LogP contribution is -2.26. The molecule has 644 valence electrons. The normalized spacial score (nSPS) is 13.3. The largest absolute Gasteiger partial charge is 0.456 e. The molecule has 0 radical (unpaired) electrons. The van der Waals surface area contributed by atoms with E-state index in [1.165, 1.54) is 284 Å². The molecule has 0 aliphatic heterocycles. The minimum Gasteiger partial charge on any atom is -0.456 e. The van der Waals surface area contributed by atoms with Crippen molar-refractivity contribution in [1.29, 1.82) is 0 Å². The first-order valence-electron chi connectivity index (χ1n) is 48.8. The van der Waals surface area contributed by atoms with Gasteiger partial charge in [0.25, 0.3) is 0 Å². The van der Waals surface area contributed by atoms with Gasteiger partial charge in [-0.25, -0.2) is 0 Å². The smallest absolute Gasteiger partial charge is 0.135 e. The Morgan fingerprint density at radius 1 is 0.143 bits per heavy atom. The van der Waals surface area contributed by atoms with Crippen LogP contribution in [0.15, 0.2) is 490 Å². The van der Waals surface area contributed by atoms with Crippen molar-refractivity contribution in [3.8, 4) is 111 Å². The number of benzene rings is 26. The van der Waals surface area contributed by atoms with E-state index in [4.69, 9.17) is 4.42 Å². The second kappa shape index (κ2) is 29.4. The Morgan fingerprint density at radius 3 is 0.843 bits per heavy atom. The molecule has 0 unspecified atom stereocenters. The molecular formula is C138H80OS. The Kier molecular flexibility index (Phi) is 16.3. The summed E-state index contributed by atoms with van der Waals surface area (Å²) in [5.41, 5.74) is 37.2. The van der Waals surface area contributed by atoms with Gasteiger partial charge in [0.1, 0.15) is 11.2 Å². The Morgan fingerprint density at radius 2 is 0.429 bits per heavy atom. The predicted molar refractivity (Wildman–Crippen MR) is 593 cm³/mol. The Labute approximate surface area is 811 Å². The number of rotatable bonds is 6. The first-order valence-corrected chi connectivity index (χ1v) is 49.6. The molecule has 0 bridgehead atoms. The summed E-state index contributed by atoms with van der Waals surface area (Å²) in [6.07, 6.45) is 0. The quantitative estimate of drug-likeness (QED) is 0.119. The van der Waals surface area contributed by atoms with E-state index in [0.717, 1.165) is 21.9 Å². The fourth-order valence-corrected chi connectivity index (χ4v) is 27.5. The van der Waals surface area contributed by atoms with Crippen LogP contribution in [0.4, 0.5) is 0 Å². The van der Waals surface area contributed by atoms with E-state index in [0.29, 0.717) is 0 Å². The van der Waals surface area contributed by atoms with Gasteiger partial charge >= 0.3 is 0 Å². The van der Waals surface area contributed by atoms with Crippen molar-refractivity contribution in [3.63, 3.8) is 0 Å². The second-order valence-electron chi connectivity index (χ2n) is 38.7. The average Bonchev–Trinajstić information content (AvgIpc) is 1.49. The molecule has 0 N–H and O–H groups in total. The van der Waals surface area contributed by atoms with Crippen LogP contribution in [0.3, 0.4) is 0 Å². The predicted octanol–water partition coefficient (Wildman–Crippen LogP) is 37.9. The molecule has 0 saturated carbocycles. The molecule has 26 aromatic carbocycles. The van der Waals surface area contributed by atoms with E-state index in [1.807, 2.05) is 17.4 Å². The molecule has 2 heterocycles. The number of fused-ring (bicyclic) bond motifs is 42. The molecular weight excluding hydrogens is 1710 g/mol. The van der Waals surface area contributed by atoms with Crippen molar-refractivity contribution in [2.75, 3.05) is 0 Å². The molecule has 2 aromatic heterocycles. The Bertz CT molecular complexity index is 9590. The number of thiophene rings is 1. The van der Waals surface area contributed by atoms with Crippen LogP contribution in [-0.2, 0) is 10.8 Å². The molecule has 2 spiro atoms. The van der Waals surface area contributed by atoms with Crippen LogP contribution < -0.4 is 0 Å². The molecule has 140 heavy (non-hydrogen) atoms. The van der Waals surface area contributed by atoms with E-state index in [-0.39, 0.29) is 0 Å². The number of para-hydroxylation sites is 1. The Balaban J connectivity index is 0.000000129. The van der Waals surface area contributed by atoms with E-state index in [2.05, 4.69) is 479 Å². The highest BCUT2D eigenvalue weighted by molar-refractivity contribution is 7.25. The maximum Gasteiger partial charge on any atom is 0.135 e. The van der Waals surface area contributed by atoms with E-state index >= 15 is 0 Å². The van der Waals surface area contributed by atoms with Crippen LogP contribution >= 0.6 is 11.3 Å². The lowest BCUT2D eigenvalue weighted by molar-refractivity contribution is 0.669. The zero-order valence-corrected chi connectivity index (χ0v) is 76.8. The molecule has 2 heteroatoms. The maximum absolute atomic E-state index is 6.27. The second-order valence-corrected chi connectivity index (χ2v) is 39.8. The highest BCUT2D eigenvalue weighted by Crippen LogP contribution is 2.69. The van der Waals surface area contributed by atoms with Gasteiger partial charge in [-0.2, -0.15) is 0 Å². The van der Waals surface area contributed by atoms with Gasteiger partial charge in [-0.05, 0) is 348 Å². The van der Waals surface area contributed by atoms with Gasteiger partial charge in [0.2, 0.25) is 0 Å². The van der Waals surface area contributed by atoms with Crippen molar-refractivity contribution in [2.45, 2.75) is 10.8 Å². The fraction of sp³-hybridized carbons (Fsp3) is 0.0145. The van der Waals surface area contributed by atoms with Gasteiger partial charge < -0.3 is 4.42 Å². The average molecular weight is 1790 g/mol. The summed E-state index contributed by atoms with van der Waals surface area (Å²) in [4.78, 5) is 0. The molecule has 0 atom stereocenters. The summed E-state index contributed by atoms with van der Waals surface area (Å²) in [5.74, 6) is 0. The zero-order chi connectivity index (χ0) is 91.3. The van der Waals surface area contributed by atoms with Crippen LogP contribution in [0.1, 0.15) is 44.5 Å². The van der Waals surface area contributed by atoms with E-state index in [9.17, 15) is 0 Å². The molecule has 0 amide bonds. The van der Waals surface area contributed by atoms with E-state index in [1.54, 1.807) is 0 Å². The van der Waals surface area contributed by atoms with Gasteiger partial charge in [-0.1, -0.05) is 400 Å².